The van der Waals surface area contributed by atoms with Gasteiger partial charge >= 0.3 is 0 Å². The highest BCUT2D eigenvalue weighted by molar-refractivity contribution is 6.32. The van der Waals surface area contributed by atoms with E-state index in [-0.39, 0.29) is 35.9 Å². The van der Waals surface area contributed by atoms with Gasteiger partial charge in [-0.2, -0.15) is 0 Å². The number of nitrogens with zero attached hydrogens (tertiary/aromatic N) is 2. The highest BCUT2D eigenvalue weighted by Crippen LogP contribution is 2.51. The lowest BCUT2D eigenvalue weighted by atomic mass is 9.52. The van der Waals surface area contributed by atoms with Crippen molar-refractivity contribution in [2.24, 2.45) is 34.8 Å². The molecule has 2 fully saturated rings. The van der Waals surface area contributed by atoms with Gasteiger partial charge in [0.05, 0.1) is 17.5 Å². The molecular weight excluding hydrogens is 509 g/mol. The number of amides is 1. The second-order valence-corrected chi connectivity index (χ2v) is 12.8. The van der Waals surface area contributed by atoms with E-state index < -0.39 is 75.9 Å². The molecule has 0 aromatic heterocycles. The average Bonchev–Trinajstić information content (AvgIpc) is 2.77. The zero-order valence-corrected chi connectivity index (χ0v) is 23.1. The Morgan fingerprint density at radius 3 is 2.31 bits per heavy atom. The molecule has 212 valence electrons. The summed E-state index contributed by atoms with van der Waals surface area (Å²) in [7, 11) is 4.87. The molecule has 0 heterocycles. The Morgan fingerprint density at radius 1 is 1.15 bits per heavy atom. The smallest absolute Gasteiger partial charge is 0.235 e. The quantitative estimate of drug-likeness (QED) is 0.448. The first-order chi connectivity index (χ1) is 17.9. The lowest BCUT2D eigenvalue weighted by Crippen LogP contribution is -2.74. The Balaban J connectivity index is 1.78. The summed E-state index contributed by atoms with van der Waals surface area (Å²) >= 11 is 0. The molecule has 0 spiro atoms. The zero-order chi connectivity index (χ0) is 29.4. The third-order valence-corrected chi connectivity index (χ3v) is 8.25. The zero-order valence-electron chi connectivity index (χ0n) is 23.1. The summed E-state index contributed by atoms with van der Waals surface area (Å²) in [6, 6.07) is 0.349. The summed E-state index contributed by atoms with van der Waals surface area (Å²) in [5.74, 6) is -12.8. The topological polar surface area (TPSA) is 158 Å². The average molecular weight is 546 g/mol. The number of phenols is 1. The number of benzene rings is 1. The molecule has 10 nitrogen and oxygen atoms in total. The normalized spacial score (nSPS) is 30.9. The summed E-state index contributed by atoms with van der Waals surface area (Å²) in [5, 5.41) is 22.3. The van der Waals surface area contributed by atoms with Crippen LogP contribution in [0.1, 0.15) is 48.7 Å². The number of Topliss-reactive ketones (excluding diaryl/α,β-unsaturated/α-hetero) is 4. The number of nitrogens with two attached hydrogens (primary N) is 1. The lowest BCUT2D eigenvalue weighted by molar-refractivity contribution is -0.181. The summed E-state index contributed by atoms with van der Waals surface area (Å²) in [6.07, 6.45) is 0.0386. The van der Waals surface area contributed by atoms with Gasteiger partial charge in [0.2, 0.25) is 5.91 Å². The number of hydrogen-bond donors (Lipinski definition) is 3. The van der Waals surface area contributed by atoms with Gasteiger partial charge in [-0.15, -0.1) is 0 Å². The van der Waals surface area contributed by atoms with Crippen molar-refractivity contribution < 1.29 is 38.6 Å². The number of hydrogen-bond acceptors (Lipinski definition) is 9. The predicted molar refractivity (Wildman–Crippen MR) is 137 cm³/mol. The summed E-state index contributed by atoms with van der Waals surface area (Å²) in [5.41, 5.74) is 2.66. The van der Waals surface area contributed by atoms with E-state index in [1.54, 1.807) is 0 Å². The Morgan fingerprint density at radius 2 is 1.77 bits per heavy atom. The first-order valence-corrected chi connectivity index (χ1v) is 13.0. The van der Waals surface area contributed by atoms with Gasteiger partial charge in [-0.1, -0.05) is 26.8 Å². The van der Waals surface area contributed by atoms with Gasteiger partial charge in [0.25, 0.3) is 0 Å². The molecule has 0 radical (unpaired) electrons. The van der Waals surface area contributed by atoms with Crippen LogP contribution in [0.25, 0.3) is 0 Å². The van der Waals surface area contributed by atoms with Crippen LogP contribution >= 0.6 is 0 Å². The van der Waals surface area contributed by atoms with Crippen LogP contribution in [0.4, 0.5) is 4.39 Å². The van der Waals surface area contributed by atoms with E-state index >= 15 is 4.39 Å². The Bertz CT molecular complexity index is 1290. The molecule has 6 atom stereocenters. The molecule has 0 aliphatic heterocycles. The number of rotatable bonds is 5. The fraction of sp³-hybridized carbons (Fsp3) is 0.607. The molecule has 1 amide bonds. The van der Waals surface area contributed by atoms with Crippen LogP contribution in [0.3, 0.4) is 0 Å². The van der Waals surface area contributed by atoms with Gasteiger partial charge in [0, 0.05) is 24.6 Å². The lowest BCUT2D eigenvalue weighted by Gasteiger charge is -2.52. The van der Waals surface area contributed by atoms with Gasteiger partial charge < -0.3 is 20.8 Å². The number of primary amides is 1. The van der Waals surface area contributed by atoms with Gasteiger partial charge in [-0.05, 0) is 50.9 Å². The van der Waals surface area contributed by atoms with Crippen molar-refractivity contribution in [2.75, 3.05) is 27.7 Å². The van der Waals surface area contributed by atoms with E-state index in [4.69, 9.17) is 5.73 Å². The van der Waals surface area contributed by atoms with Gasteiger partial charge in [-0.3, -0.25) is 28.9 Å². The minimum absolute atomic E-state index is 0.0543. The molecule has 3 aliphatic rings. The van der Waals surface area contributed by atoms with Crippen molar-refractivity contribution in [3.05, 3.63) is 28.6 Å². The van der Waals surface area contributed by atoms with E-state index in [1.807, 2.05) is 32.7 Å². The van der Waals surface area contributed by atoms with Crippen molar-refractivity contribution >= 4 is 29.0 Å². The molecule has 0 bridgehead atoms. The summed E-state index contributed by atoms with van der Waals surface area (Å²) < 4.78 is 15.3. The molecule has 11 heteroatoms. The van der Waals surface area contributed by atoms with Crippen molar-refractivity contribution in [1.82, 2.24) is 9.80 Å². The highest BCUT2D eigenvalue weighted by Gasteiger charge is 2.69. The fourth-order valence-electron chi connectivity index (χ4n) is 6.97. The van der Waals surface area contributed by atoms with Crippen molar-refractivity contribution in [3.63, 3.8) is 0 Å². The van der Waals surface area contributed by atoms with E-state index in [9.17, 15) is 34.2 Å². The molecule has 0 saturated heterocycles. The summed E-state index contributed by atoms with van der Waals surface area (Å²) in [4.78, 5) is 69.2. The monoisotopic (exact) mass is 545 g/mol. The highest BCUT2D eigenvalue weighted by atomic mass is 19.1. The predicted octanol–water partition coefficient (Wildman–Crippen LogP) is 0.484. The molecule has 4 rings (SSSR count). The van der Waals surface area contributed by atoms with Crippen LogP contribution in [0.5, 0.6) is 5.75 Å². The van der Waals surface area contributed by atoms with E-state index in [2.05, 4.69) is 0 Å². The van der Waals surface area contributed by atoms with Gasteiger partial charge in [0.1, 0.15) is 0 Å². The van der Waals surface area contributed by atoms with Crippen LogP contribution in [-0.2, 0) is 32.1 Å². The third kappa shape index (κ3) is 4.50. The standard InChI is InChI=1S/C28H36FN3O7/c1-27(2,3)11-32(6)10-14-8-12-7-13-9-15-20(31(4)5)23(35)18(26(30)38)25(37)28(15,39)24(36)17(13)21(33)16(12)22(34)19(14)29/h8,13,15,17-18,20,34,39H,7,9-11H2,1-6H3,(H2,30,38)/t13-,15-,17?,18?,20-,28-/m0/s1. The van der Waals surface area contributed by atoms with Crippen molar-refractivity contribution in [1.29, 1.82) is 0 Å². The maximum Gasteiger partial charge on any atom is 0.235 e. The number of aliphatic hydroxyl groups is 1. The fourth-order valence-corrected chi connectivity index (χ4v) is 6.97. The van der Waals surface area contributed by atoms with E-state index in [1.165, 1.54) is 25.1 Å². The molecule has 3 aliphatic carbocycles. The number of fused-ring (bicyclic) bond motifs is 3. The maximum atomic E-state index is 15.3. The third-order valence-electron chi connectivity index (χ3n) is 8.25. The van der Waals surface area contributed by atoms with Crippen LogP contribution in [0, 0.1) is 34.9 Å². The minimum atomic E-state index is -2.80. The number of carbonyl (C=O) groups is 5. The van der Waals surface area contributed by atoms with Crippen LogP contribution in [0.15, 0.2) is 6.07 Å². The largest absolute Gasteiger partial charge is 0.504 e. The van der Waals surface area contributed by atoms with Crippen LogP contribution < -0.4 is 5.73 Å². The Kier molecular flexibility index (Phi) is 7.11. The second kappa shape index (κ2) is 9.57. The molecule has 2 saturated carbocycles. The number of phenolic OH excluding ortho intramolecular Hbond substituents is 1. The number of ketones is 4. The van der Waals surface area contributed by atoms with Gasteiger partial charge in [-0.25, -0.2) is 4.39 Å². The van der Waals surface area contributed by atoms with Gasteiger partial charge in [0.15, 0.2) is 46.2 Å². The number of carbonyl (C=O) groups excluding carboxylic acids is 5. The van der Waals surface area contributed by atoms with E-state index in [0.717, 1.165) is 0 Å². The minimum Gasteiger partial charge on any atom is -0.504 e. The molecular formula is C28H36FN3O7. The van der Waals surface area contributed by atoms with E-state index in [0.29, 0.717) is 12.1 Å². The number of halogens is 1. The van der Waals surface area contributed by atoms with Crippen molar-refractivity contribution in [2.45, 2.75) is 51.8 Å². The molecule has 2 unspecified atom stereocenters. The maximum absolute atomic E-state index is 15.3. The Hall–Kier alpha value is -3.02. The first kappa shape index (κ1) is 29.0. The summed E-state index contributed by atoms with van der Waals surface area (Å²) in [6.45, 7) is 6.93. The molecule has 1 aromatic carbocycles. The second-order valence-electron chi connectivity index (χ2n) is 12.8. The first-order valence-electron chi connectivity index (χ1n) is 13.0. The SMILES string of the molecule is CN(Cc1cc2c(c(O)c1F)C(=O)C1C(=O)[C@]3(O)C(=O)C(C(N)=O)C(=O)[C@@H](N(C)C)[C@@H]3C[C@@H]1C2)CC(C)(C)C. The number of aromatic hydroxyl groups is 1. The Labute approximate surface area is 226 Å². The number of likely N-dealkylation sites (N-methyl/N-ethyl adjacent to an activating group) is 1. The van der Waals surface area contributed by atoms with Crippen molar-refractivity contribution in [3.8, 4) is 5.75 Å². The molecule has 39 heavy (non-hydrogen) atoms. The molecule has 1 aromatic rings. The van der Waals surface area contributed by atoms with Crippen LogP contribution in [0.2, 0.25) is 0 Å². The van der Waals surface area contributed by atoms with Crippen LogP contribution in [-0.4, -0.2) is 88.4 Å². The molecule has 4 N–H and O–H groups in total.